The van der Waals surface area contributed by atoms with Crippen LogP contribution in [0.25, 0.3) is 11.4 Å². The maximum absolute atomic E-state index is 4.75. The van der Waals surface area contributed by atoms with Crippen LogP contribution < -0.4 is 4.90 Å². The molecule has 5 heteroatoms. The predicted octanol–water partition coefficient (Wildman–Crippen LogP) is 2.15. The molecule has 0 aliphatic rings. The fraction of sp³-hybridized carbons (Fsp3) is 0.438. The van der Waals surface area contributed by atoms with Gasteiger partial charge in [-0.05, 0) is 40.1 Å². The summed E-state index contributed by atoms with van der Waals surface area (Å²) >= 11 is 0. The predicted molar refractivity (Wildman–Crippen MR) is 86.6 cm³/mol. The highest BCUT2D eigenvalue weighted by molar-refractivity contribution is 5.59. The molecule has 0 aliphatic heterocycles. The third kappa shape index (κ3) is 3.76. The molecule has 0 fully saturated rings. The number of anilines is 1. The zero-order valence-corrected chi connectivity index (χ0v) is 13.5. The minimum atomic E-state index is 0.757. The van der Waals surface area contributed by atoms with Gasteiger partial charge in [0.25, 0.3) is 0 Å². The molecular formula is C16H23N5. The SMILES string of the molecule is Cc1nc(-c2ccncc2)nc(N(C)CCN(C)C)c1C. The van der Waals surface area contributed by atoms with Gasteiger partial charge in [-0.2, -0.15) is 0 Å². The Morgan fingerprint density at radius 2 is 1.62 bits per heavy atom. The molecule has 0 saturated carbocycles. The van der Waals surface area contributed by atoms with Gasteiger partial charge >= 0.3 is 0 Å². The monoisotopic (exact) mass is 285 g/mol. The van der Waals surface area contributed by atoms with Gasteiger partial charge in [-0.1, -0.05) is 0 Å². The molecule has 2 aromatic rings. The third-order valence-electron chi connectivity index (χ3n) is 3.55. The lowest BCUT2D eigenvalue weighted by Gasteiger charge is -2.23. The Morgan fingerprint density at radius 3 is 2.24 bits per heavy atom. The molecular weight excluding hydrogens is 262 g/mol. The summed E-state index contributed by atoms with van der Waals surface area (Å²) in [5.41, 5.74) is 3.15. The van der Waals surface area contributed by atoms with Crippen molar-refractivity contribution in [3.63, 3.8) is 0 Å². The van der Waals surface area contributed by atoms with E-state index in [0.29, 0.717) is 0 Å². The summed E-state index contributed by atoms with van der Waals surface area (Å²) in [5.74, 6) is 1.75. The molecule has 0 spiro atoms. The standard InChI is InChI=1S/C16H23N5/c1-12-13(2)18-15(14-6-8-17-9-7-14)19-16(12)21(5)11-10-20(3)4/h6-9H,10-11H2,1-5H3. The Hall–Kier alpha value is -2.01. The van der Waals surface area contributed by atoms with Crippen LogP contribution in [-0.4, -0.2) is 54.1 Å². The molecule has 2 aromatic heterocycles. The van der Waals surface area contributed by atoms with E-state index < -0.39 is 0 Å². The summed E-state index contributed by atoms with van der Waals surface area (Å²) in [6.45, 7) is 6.03. The Morgan fingerprint density at radius 1 is 0.952 bits per heavy atom. The first-order chi connectivity index (χ1) is 9.99. The molecule has 21 heavy (non-hydrogen) atoms. The smallest absolute Gasteiger partial charge is 0.161 e. The van der Waals surface area contributed by atoms with Crippen molar-refractivity contribution in [2.75, 3.05) is 39.1 Å². The molecule has 2 heterocycles. The molecule has 0 N–H and O–H groups in total. The Balaban J connectivity index is 2.35. The van der Waals surface area contributed by atoms with E-state index in [-0.39, 0.29) is 0 Å². The number of hydrogen-bond donors (Lipinski definition) is 0. The highest BCUT2D eigenvalue weighted by Crippen LogP contribution is 2.23. The van der Waals surface area contributed by atoms with E-state index in [1.807, 2.05) is 19.1 Å². The molecule has 2 rings (SSSR count). The molecule has 0 aromatic carbocycles. The molecule has 0 atom stereocenters. The highest BCUT2D eigenvalue weighted by atomic mass is 15.2. The summed E-state index contributed by atoms with van der Waals surface area (Å²) < 4.78 is 0. The van der Waals surface area contributed by atoms with Crippen LogP contribution in [0.1, 0.15) is 11.3 Å². The summed E-state index contributed by atoms with van der Waals surface area (Å²) in [6, 6.07) is 3.88. The van der Waals surface area contributed by atoms with Crippen molar-refractivity contribution in [2.45, 2.75) is 13.8 Å². The summed E-state index contributed by atoms with van der Waals surface area (Å²) in [4.78, 5) is 17.8. The lowest BCUT2D eigenvalue weighted by Crippen LogP contribution is -2.29. The van der Waals surface area contributed by atoms with Gasteiger partial charge in [0.05, 0.1) is 0 Å². The fourth-order valence-electron chi connectivity index (χ4n) is 2.07. The molecule has 0 aliphatic carbocycles. The number of aromatic nitrogens is 3. The van der Waals surface area contributed by atoms with Crippen molar-refractivity contribution in [3.8, 4) is 11.4 Å². The van der Waals surface area contributed by atoms with Gasteiger partial charge in [-0.15, -0.1) is 0 Å². The van der Waals surface area contributed by atoms with Crippen LogP contribution in [0.5, 0.6) is 0 Å². The van der Waals surface area contributed by atoms with Crippen LogP contribution in [0.2, 0.25) is 0 Å². The van der Waals surface area contributed by atoms with Crippen molar-refractivity contribution in [2.24, 2.45) is 0 Å². The topological polar surface area (TPSA) is 45.2 Å². The number of rotatable bonds is 5. The number of aryl methyl sites for hydroxylation is 1. The van der Waals surface area contributed by atoms with E-state index in [4.69, 9.17) is 4.98 Å². The first-order valence-corrected chi connectivity index (χ1v) is 7.10. The van der Waals surface area contributed by atoms with E-state index in [0.717, 1.165) is 41.6 Å². The summed E-state index contributed by atoms with van der Waals surface area (Å²) in [7, 11) is 6.23. The van der Waals surface area contributed by atoms with Gasteiger partial charge in [-0.3, -0.25) is 4.98 Å². The highest BCUT2D eigenvalue weighted by Gasteiger charge is 2.13. The fourth-order valence-corrected chi connectivity index (χ4v) is 2.07. The number of pyridine rings is 1. The van der Waals surface area contributed by atoms with Gasteiger partial charge < -0.3 is 9.80 Å². The average Bonchev–Trinajstić information content (AvgIpc) is 2.48. The van der Waals surface area contributed by atoms with Gasteiger partial charge in [0.2, 0.25) is 0 Å². The van der Waals surface area contributed by atoms with Crippen molar-refractivity contribution >= 4 is 5.82 Å². The zero-order chi connectivity index (χ0) is 15.4. The van der Waals surface area contributed by atoms with Crippen LogP contribution in [0.15, 0.2) is 24.5 Å². The van der Waals surface area contributed by atoms with E-state index in [1.54, 1.807) is 12.4 Å². The van der Waals surface area contributed by atoms with E-state index in [1.165, 1.54) is 0 Å². The van der Waals surface area contributed by atoms with Crippen LogP contribution in [0.4, 0.5) is 5.82 Å². The lowest BCUT2D eigenvalue weighted by molar-refractivity contribution is 0.416. The lowest BCUT2D eigenvalue weighted by atomic mass is 10.2. The van der Waals surface area contributed by atoms with E-state index in [2.05, 4.69) is 47.8 Å². The Bertz CT molecular complexity index is 595. The van der Waals surface area contributed by atoms with Crippen LogP contribution >= 0.6 is 0 Å². The first-order valence-electron chi connectivity index (χ1n) is 7.10. The minimum Gasteiger partial charge on any atom is -0.358 e. The second-order valence-corrected chi connectivity index (χ2v) is 5.54. The molecule has 0 unspecified atom stereocenters. The molecule has 0 bridgehead atoms. The molecule has 0 saturated heterocycles. The van der Waals surface area contributed by atoms with Crippen molar-refractivity contribution in [3.05, 3.63) is 35.8 Å². The van der Waals surface area contributed by atoms with Gasteiger partial charge in [0.1, 0.15) is 5.82 Å². The largest absolute Gasteiger partial charge is 0.358 e. The van der Waals surface area contributed by atoms with Crippen LogP contribution in [0.3, 0.4) is 0 Å². The quantitative estimate of drug-likeness (QED) is 0.842. The van der Waals surface area contributed by atoms with Crippen molar-refractivity contribution in [1.29, 1.82) is 0 Å². The van der Waals surface area contributed by atoms with Crippen molar-refractivity contribution in [1.82, 2.24) is 19.9 Å². The molecule has 112 valence electrons. The van der Waals surface area contributed by atoms with Crippen LogP contribution in [0, 0.1) is 13.8 Å². The number of hydrogen-bond acceptors (Lipinski definition) is 5. The number of likely N-dealkylation sites (N-methyl/N-ethyl adjacent to an activating group) is 2. The van der Waals surface area contributed by atoms with Gasteiger partial charge in [-0.25, -0.2) is 9.97 Å². The average molecular weight is 285 g/mol. The third-order valence-corrected chi connectivity index (χ3v) is 3.55. The van der Waals surface area contributed by atoms with Gasteiger partial charge in [0, 0.05) is 49.4 Å². The van der Waals surface area contributed by atoms with Crippen LogP contribution in [-0.2, 0) is 0 Å². The van der Waals surface area contributed by atoms with E-state index in [9.17, 15) is 0 Å². The Labute approximate surface area is 126 Å². The second-order valence-electron chi connectivity index (χ2n) is 5.54. The second kappa shape index (κ2) is 6.63. The first kappa shape index (κ1) is 15.4. The van der Waals surface area contributed by atoms with E-state index >= 15 is 0 Å². The maximum atomic E-state index is 4.75. The molecule has 5 nitrogen and oxygen atoms in total. The summed E-state index contributed by atoms with van der Waals surface area (Å²) in [5, 5.41) is 0. The van der Waals surface area contributed by atoms with Crippen molar-refractivity contribution < 1.29 is 0 Å². The normalized spacial score (nSPS) is 11.0. The Kier molecular flexibility index (Phi) is 4.85. The molecule has 0 amide bonds. The molecule has 0 radical (unpaired) electrons. The van der Waals surface area contributed by atoms with Gasteiger partial charge in [0.15, 0.2) is 5.82 Å². The summed E-state index contributed by atoms with van der Waals surface area (Å²) in [6.07, 6.45) is 3.53. The zero-order valence-electron chi connectivity index (χ0n) is 13.5. The number of nitrogens with zero attached hydrogens (tertiary/aromatic N) is 5. The maximum Gasteiger partial charge on any atom is 0.161 e. The minimum absolute atomic E-state index is 0.757.